The van der Waals surface area contributed by atoms with Crippen LogP contribution in [0, 0.1) is 0 Å². The molecule has 1 amide bonds. The van der Waals surface area contributed by atoms with Gasteiger partial charge in [0, 0.05) is 31.2 Å². The van der Waals surface area contributed by atoms with Crippen LogP contribution in [-0.2, 0) is 0 Å². The van der Waals surface area contributed by atoms with Gasteiger partial charge >= 0.3 is 0 Å². The van der Waals surface area contributed by atoms with Crippen LogP contribution >= 0.6 is 0 Å². The van der Waals surface area contributed by atoms with Crippen LogP contribution in [0.2, 0.25) is 0 Å². The van der Waals surface area contributed by atoms with Crippen LogP contribution in [0.1, 0.15) is 36.5 Å². The number of aromatic nitrogens is 1. The maximum Gasteiger partial charge on any atom is 0.259 e. The highest BCUT2D eigenvalue weighted by Gasteiger charge is 2.30. The molecule has 152 valence electrons. The quantitative estimate of drug-likeness (QED) is 0.752. The fourth-order valence-electron chi connectivity index (χ4n) is 3.55. The van der Waals surface area contributed by atoms with Crippen molar-refractivity contribution in [3.63, 3.8) is 0 Å². The van der Waals surface area contributed by atoms with Gasteiger partial charge in [0.2, 0.25) is 0 Å². The van der Waals surface area contributed by atoms with Crippen LogP contribution in [0.4, 0.5) is 5.82 Å². The Hall–Kier alpha value is -2.54. The summed E-state index contributed by atoms with van der Waals surface area (Å²) in [5, 5.41) is 7.45. The Morgan fingerprint density at radius 1 is 1.29 bits per heavy atom. The molecule has 0 spiro atoms. The van der Waals surface area contributed by atoms with Gasteiger partial charge in [-0.05, 0) is 57.6 Å². The summed E-state index contributed by atoms with van der Waals surface area (Å²) in [4.78, 5) is 17.5. The Labute approximate surface area is 166 Å². The number of likely N-dealkylation sites (N-methyl/N-ethyl adjacent to an activating group) is 1. The molecular formula is C21H30N4O3. The molecule has 3 rings (SSSR count). The molecule has 7 nitrogen and oxygen atoms in total. The molecule has 1 aliphatic rings. The van der Waals surface area contributed by atoms with Gasteiger partial charge in [0.05, 0.1) is 7.11 Å². The zero-order chi connectivity index (χ0) is 20.1. The van der Waals surface area contributed by atoms with Crippen molar-refractivity contribution in [2.75, 3.05) is 45.7 Å². The zero-order valence-corrected chi connectivity index (χ0v) is 17.2. The lowest BCUT2D eigenvalue weighted by molar-refractivity contribution is 0.0930. The molecule has 0 saturated carbocycles. The van der Waals surface area contributed by atoms with E-state index in [1.807, 2.05) is 38.4 Å². The fourth-order valence-corrected chi connectivity index (χ4v) is 3.55. The number of benzene rings is 1. The van der Waals surface area contributed by atoms with E-state index in [0.29, 0.717) is 17.1 Å². The van der Waals surface area contributed by atoms with Crippen molar-refractivity contribution < 1.29 is 14.1 Å². The predicted molar refractivity (Wildman–Crippen MR) is 110 cm³/mol. The van der Waals surface area contributed by atoms with Crippen molar-refractivity contribution in [2.45, 2.75) is 32.2 Å². The van der Waals surface area contributed by atoms with Gasteiger partial charge < -0.3 is 24.4 Å². The van der Waals surface area contributed by atoms with E-state index in [9.17, 15) is 4.79 Å². The number of amides is 1. The maximum atomic E-state index is 13.3. The Morgan fingerprint density at radius 2 is 1.96 bits per heavy atom. The Balaban J connectivity index is 1.95. The van der Waals surface area contributed by atoms with Crippen LogP contribution in [0.5, 0.6) is 5.75 Å². The average Bonchev–Trinajstić information content (AvgIpc) is 3.36. The summed E-state index contributed by atoms with van der Waals surface area (Å²) in [6.45, 7) is 4.64. The van der Waals surface area contributed by atoms with E-state index in [1.54, 1.807) is 7.11 Å². The molecule has 0 bridgehead atoms. The third-order valence-corrected chi connectivity index (χ3v) is 5.07. The third-order valence-electron chi connectivity index (χ3n) is 5.07. The first-order valence-corrected chi connectivity index (χ1v) is 9.88. The van der Waals surface area contributed by atoms with Crippen molar-refractivity contribution >= 4 is 11.7 Å². The molecule has 7 heteroatoms. The summed E-state index contributed by atoms with van der Waals surface area (Å²) in [7, 11) is 5.64. The molecule has 1 aliphatic heterocycles. The van der Waals surface area contributed by atoms with Crippen LogP contribution in [0.25, 0.3) is 11.3 Å². The number of carbonyl (C=O) groups excluding carboxylic acids is 1. The van der Waals surface area contributed by atoms with Crippen LogP contribution < -0.4 is 15.0 Å². The number of rotatable bonds is 8. The monoisotopic (exact) mass is 386 g/mol. The van der Waals surface area contributed by atoms with Crippen LogP contribution in [0.3, 0.4) is 0 Å². The topological polar surface area (TPSA) is 70.8 Å². The van der Waals surface area contributed by atoms with Crippen molar-refractivity contribution in [1.29, 1.82) is 0 Å². The van der Waals surface area contributed by atoms with Gasteiger partial charge in [-0.25, -0.2) is 0 Å². The van der Waals surface area contributed by atoms with Gasteiger partial charge in [-0.2, -0.15) is 0 Å². The molecule has 28 heavy (non-hydrogen) atoms. The van der Waals surface area contributed by atoms with Crippen molar-refractivity contribution in [1.82, 2.24) is 15.4 Å². The summed E-state index contributed by atoms with van der Waals surface area (Å²) < 4.78 is 10.9. The van der Waals surface area contributed by atoms with Crippen molar-refractivity contribution in [2.24, 2.45) is 0 Å². The van der Waals surface area contributed by atoms with Gasteiger partial charge in [0.1, 0.15) is 11.3 Å². The van der Waals surface area contributed by atoms with Crippen LogP contribution in [0.15, 0.2) is 28.8 Å². The van der Waals surface area contributed by atoms with Crippen molar-refractivity contribution in [3.8, 4) is 17.1 Å². The third kappa shape index (κ3) is 4.47. The molecule has 2 aromatic rings. The molecule has 1 fully saturated rings. The maximum absolute atomic E-state index is 13.3. The van der Waals surface area contributed by atoms with E-state index >= 15 is 0 Å². The number of methoxy groups -OCH3 is 1. The minimum absolute atomic E-state index is 0.0625. The highest BCUT2D eigenvalue weighted by atomic mass is 16.5. The van der Waals surface area contributed by atoms with E-state index in [1.165, 1.54) is 0 Å². The van der Waals surface area contributed by atoms with E-state index in [2.05, 4.69) is 27.2 Å². The molecule has 1 unspecified atom stereocenters. The number of hydrogen-bond acceptors (Lipinski definition) is 6. The van der Waals surface area contributed by atoms with Gasteiger partial charge in [0.25, 0.3) is 5.91 Å². The molecule has 1 aromatic heterocycles. The first kappa shape index (κ1) is 20.2. The first-order valence-electron chi connectivity index (χ1n) is 9.88. The Kier molecular flexibility index (Phi) is 6.57. The van der Waals surface area contributed by atoms with Crippen LogP contribution in [-0.4, -0.2) is 62.8 Å². The number of ether oxygens (including phenoxy) is 1. The molecule has 0 aliphatic carbocycles. The summed E-state index contributed by atoms with van der Waals surface area (Å²) in [6.07, 6.45) is 3.06. The smallest absolute Gasteiger partial charge is 0.259 e. The molecule has 1 N–H and O–H groups in total. The number of anilines is 1. The van der Waals surface area contributed by atoms with E-state index in [0.717, 1.165) is 50.2 Å². The Bertz CT molecular complexity index is 779. The fraction of sp³-hybridized carbons (Fsp3) is 0.524. The van der Waals surface area contributed by atoms with E-state index < -0.39 is 0 Å². The highest BCUT2D eigenvalue weighted by molar-refractivity contribution is 6.04. The largest absolute Gasteiger partial charge is 0.497 e. The molecule has 1 aromatic carbocycles. The first-order chi connectivity index (χ1) is 13.5. The van der Waals surface area contributed by atoms with E-state index in [4.69, 9.17) is 9.26 Å². The highest BCUT2D eigenvalue weighted by Crippen LogP contribution is 2.33. The summed E-state index contributed by atoms with van der Waals surface area (Å²) in [5.41, 5.74) is 1.33. The molecule has 0 radical (unpaired) electrons. The number of hydrogen-bond donors (Lipinski definition) is 1. The molecule has 1 atom stereocenters. The second-order valence-electron chi connectivity index (χ2n) is 7.47. The average molecular weight is 386 g/mol. The second-order valence-corrected chi connectivity index (χ2v) is 7.47. The van der Waals surface area contributed by atoms with Gasteiger partial charge in [0.15, 0.2) is 11.6 Å². The lowest BCUT2D eigenvalue weighted by Gasteiger charge is -2.22. The lowest BCUT2D eigenvalue weighted by Crippen LogP contribution is -2.41. The van der Waals surface area contributed by atoms with Gasteiger partial charge in [-0.3, -0.25) is 4.79 Å². The lowest BCUT2D eigenvalue weighted by atomic mass is 10.1. The Morgan fingerprint density at radius 3 is 2.54 bits per heavy atom. The molecule has 2 heterocycles. The van der Waals surface area contributed by atoms with Gasteiger partial charge in [-0.1, -0.05) is 12.1 Å². The summed E-state index contributed by atoms with van der Waals surface area (Å²) in [6, 6.07) is 7.56. The number of nitrogens with zero attached hydrogens (tertiary/aromatic N) is 3. The van der Waals surface area contributed by atoms with Crippen molar-refractivity contribution in [3.05, 3.63) is 29.8 Å². The summed E-state index contributed by atoms with van der Waals surface area (Å²) >= 11 is 0. The minimum Gasteiger partial charge on any atom is -0.497 e. The number of carbonyl (C=O) groups is 1. The second kappa shape index (κ2) is 9.10. The summed E-state index contributed by atoms with van der Waals surface area (Å²) in [5.74, 6) is 1.76. The number of nitrogens with one attached hydrogen (secondary N) is 1. The van der Waals surface area contributed by atoms with Gasteiger partial charge in [-0.15, -0.1) is 0 Å². The molecular weight excluding hydrogens is 356 g/mol. The standard InChI is InChI=1S/C21H30N4O3/c1-5-16(14-24(2)3)22-21(26)18-19(15-8-10-17(27-4)11-9-15)28-23-20(18)25-12-6-7-13-25/h8-11,16H,5-7,12-14H2,1-4H3,(H,22,26). The predicted octanol–water partition coefficient (Wildman–Crippen LogP) is 3.02. The van der Waals surface area contributed by atoms with E-state index in [-0.39, 0.29) is 11.9 Å². The molecule has 1 saturated heterocycles. The minimum atomic E-state index is -0.136. The SMILES string of the molecule is CCC(CN(C)C)NC(=O)c1c(N2CCCC2)noc1-c1ccc(OC)cc1. The zero-order valence-electron chi connectivity index (χ0n) is 17.2. The normalized spacial score (nSPS) is 15.1.